The van der Waals surface area contributed by atoms with Gasteiger partial charge in [-0.3, -0.25) is 9.59 Å². The Morgan fingerprint density at radius 3 is 2.61 bits per heavy atom. The van der Waals surface area contributed by atoms with Crippen LogP contribution in [0, 0.1) is 13.8 Å². The van der Waals surface area contributed by atoms with Crippen molar-refractivity contribution in [2.75, 3.05) is 13.1 Å². The van der Waals surface area contributed by atoms with Crippen molar-refractivity contribution in [1.82, 2.24) is 10.2 Å². The van der Waals surface area contributed by atoms with Crippen molar-refractivity contribution in [3.8, 4) is 5.75 Å². The maximum absolute atomic E-state index is 12.4. The predicted molar refractivity (Wildman–Crippen MR) is 87.3 cm³/mol. The Hall–Kier alpha value is -2.04. The topological polar surface area (TPSA) is 58.6 Å². The van der Waals surface area contributed by atoms with Crippen LogP contribution in [0.1, 0.15) is 36.8 Å². The average molecular weight is 316 g/mol. The number of benzene rings is 1. The number of nitrogens with zero attached hydrogens (tertiary/aromatic N) is 1. The standard InChI is InChI=1S/C18H24N2O3/c1-12-3-4-13(2)16(11-12)23-14-7-9-20(10-8-14)18(22)15-5-6-17(21)19-15/h3-4,11,14-15H,5-10H2,1-2H3,(H,19,21). The Bertz CT molecular complexity index is 606. The van der Waals surface area contributed by atoms with Crippen LogP contribution in [0.4, 0.5) is 0 Å². The molecule has 0 bridgehead atoms. The molecule has 0 spiro atoms. The molecule has 2 aliphatic heterocycles. The summed E-state index contributed by atoms with van der Waals surface area (Å²) in [5.74, 6) is 0.982. The molecular formula is C18H24N2O3. The second-order valence-corrected chi connectivity index (χ2v) is 6.57. The summed E-state index contributed by atoms with van der Waals surface area (Å²) in [6.45, 7) is 5.50. The highest BCUT2D eigenvalue weighted by molar-refractivity contribution is 5.90. The molecule has 0 aromatic heterocycles. The summed E-state index contributed by atoms with van der Waals surface area (Å²) in [6.07, 6.45) is 2.90. The summed E-state index contributed by atoms with van der Waals surface area (Å²) < 4.78 is 6.13. The van der Waals surface area contributed by atoms with Crippen LogP contribution in [0.15, 0.2) is 18.2 Å². The van der Waals surface area contributed by atoms with Gasteiger partial charge in [-0.25, -0.2) is 0 Å². The molecule has 1 unspecified atom stereocenters. The first kappa shape index (κ1) is 15.8. The molecule has 3 rings (SSSR count). The Balaban J connectivity index is 1.53. The van der Waals surface area contributed by atoms with Crippen LogP contribution in [-0.2, 0) is 9.59 Å². The van der Waals surface area contributed by atoms with Gasteiger partial charge in [-0.05, 0) is 37.5 Å². The number of rotatable bonds is 3. The fourth-order valence-electron chi connectivity index (χ4n) is 3.23. The van der Waals surface area contributed by atoms with Gasteiger partial charge in [0, 0.05) is 32.4 Å². The Labute approximate surface area is 137 Å². The zero-order chi connectivity index (χ0) is 16.4. The first-order valence-electron chi connectivity index (χ1n) is 8.35. The van der Waals surface area contributed by atoms with Crippen molar-refractivity contribution in [3.63, 3.8) is 0 Å². The minimum Gasteiger partial charge on any atom is -0.490 e. The van der Waals surface area contributed by atoms with Crippen LogP contribution < -0.4 is 10.1 Å². The third kappa shape index (κ3) is 3.66. The number of carbonyl (C=O) groups is 2. The van der Waals surface area contributed by atoms with Crippen LogP contribution in [-0.4, -0.2) is 41.9 Å². The van der Waals surface area contributed by atoms with Gasteiger partial charge in [-0.15, -0.1) is 0 Å². The quantitative estimate of drug-likeness (QED) is 0.927. The molecule has 124 valence electrons. The number of carbonyl (C=O) groups excluding carboxylic acids is 2. The van der Waals surface area contributed by atoms with E-state index in [1.807, 2.05) is 4.90 Å². The van der Waals surface area contributed by atoms with E-state index < -0.39 is 0 Å². The molecule has 5 nitrogen and oxygen atoms in total. The van der Waals surface area contributed by atoms with E-state index >= 15 is 0 Å². The summed E-state index contributed by atoms with van der Waals surface area (Å²) in [4.78, 5) is 25.5. The summed E-state index contributed by atoms with van der Waals surface area (Å²) in [6, 6.07) is 5.91. The predicted octanol–water partition coefficient (Wildman–Crippen LogP) is 1.95. The molecule has 2 amide bonds. The zero-order valence-electron chi connectivity index (χ0n) is 13.8. The second kappa shape index (κ2) is 6.60. The van der Waals surface area contributed by atoms with Gasteiger partial charge in [0.05, 0.1) is 0 Å². The molecular weight excluding hydrogens is 292 g/mol. The summed E-state index contributed by atoms with van der Waals surface area (Å²) >= 11 is 0. The number of piperidine rings is 1. The fourth-order valence-corrected chi connectivity index (χ4v) is 3.23. The molecule has 1 N–H and O–H groups in total. The number of amides is 2. The molecule has 0 saturated carbocycles. The van der Waals surface area contributed by atoms with Gasteiger partial charge in [0.25, 0.3) is 0 Å². The third-order valence-corrected chi connectivity index (χ3v) is 4.68. The van der Waals surface area contributed by atoms with Crippen LogP contribution in [0.3, 0.4) is 0 Å². The van der Waals surface area contributed by atoms with Crippen molar-refractivity contribution in [2.45, 2.75) is 51.7 Å². The molecule has 1 aromatic carbocycles. The van der Waals surface area contributed by atoms with E-state index in [0.717, 1.165) is 24.2 Å². The van der Waals surface area contributed by atoms with Gasteiger partial charge < -0.3 is 15.0 Å². The van der Waals surface area contributed by atoms with Gasteiger partial charge in [-0.2, -0.15) is 0 Å². The van der Waals surface area contributed by atoms with Gasteiger partial charge in [-0.1, -0.05) is 12.1 Å². The molecule has 2 heterocycles. The van der Waals surface area contributed by atoms with E-state index in [2.05, 4.69) is 37.4 Å². The molecule has 2 saturated heterocycles. The molecule has 5 heteroatoms. The van der Waals surface area contributed by atoms with Crippen LogP contribution in [0.2, 0.25) is 0 Å². The maximum atomic E-state index is 12.4. The van der Waals surface area contributed by atoms with Gasteiger partial charge >= 0.3 is 0 Å². The van der Waals surface area contributed by atoms with Crippen molar-refractivity contribution < 1.29 is 14.3 Å². The van der Waals surface area contributed by atoms with E-state index in [9.17, 15) is 9.59 Å². The van der Waals surface area contributed by atoms with E-state index in [4.69, 9.17) is 4.74 Å². The van der Waals surface area contributed by atoms with Crippen LogP contribution in [0.25, 0.3) is 0 Å². The Morgan fingerprint density at radius 1 is 1.22 bits per heavy atom. The average Bonchev–Trinajstić information content (AvgIpc) is 2.97. The number of aryl methyl sites for hydroxylation is 2. The molecule has 0 aliphatic carbocycles. The van der Waals surface area contributed by atoms with Crippen molar-refractivity contribution >= 4 is 11.8 Å². The summed E-state index contributed by atoms with van der Waals surface area (Å²) in [5.41, 5.74) is 2.33. The lowest BCUT2D eigenvalue weighted by Gasteiger charge is -2.33. The highest BCUT2D eigenvalue weighted by Crippen LogP contribution is 2.24. The van der Waals surface area contributed by atoms with E-state index in [-0.39, 0.29) is 24.0 Å². The van der Waals surface area contributed by atoms with Crippen LogP contribution >= 0.6 is 0 Å². The molecule has 1 aromatic rings. The first-order valence-corrected chi connectivity index (χ1v) is 8.35. The zero-order valence-corrected chi connectivity index (χ0v) is 13.8. The third-order valence-electron chi connectivity index (χ3n) is 4.68. The number of nitrogens with one attached hydrogen (secondary N) is 1. The summed E-state index contributed by atoms with van der Waals surface area (Å²) in [5, 5.41) is 2.75. The fraction of sp³-hybridized carbons (Fsp3) is 0.556. The second-order valence-electron chi connectivity index (χ2n) is 6.57. The monoisotopic (exact) mass is 316 g/mol. The highest BCUT2D eigenvalue weighted by Gasteiger charge is 2.33. The molecule has 0 radical (unpaired) electrons. The number of hydrogen-bond acceptors (Lipinski definition) is 3. The SMILES string of the molecule is Cc1ccc(C)c(OC2CCN(C(=O)C3CCC(=O)N3)CC2)c1. The summed E-state index contributed by atoms with van der Waals surface area (Å²) in [7, 11) is 0. The van der Waals surface area contributed by atoms with Crippen molar-refractivity contribution in [3.05, 3.63) is 29.3 Å². The minimum atomic E-state index is -0.320. The normalized spacial score (nSPS) is 22.1. The molecule has 23 heavy (non-hydrogen) atoms. The van der Waals surface area contributed by atoms with Crippen molar-refractivity contribution in [1.29, 1.82) is 0 Å². The first-order chi connectivity index (χ1) is 11.0. The molecule has 1 atom stereocenters. The lowest BCUT2D eigenvalue weighted by Crippen LogP contribution is -2.49. The number of likely N-dealkylation sites (tertiary alicyclic amines) is 1. The van der Waals surface area contributed by atoms with Crippen molar-refractivity contribution in [2.24, 2.45) is 0 Å². The van der Waals surface area contributed by atoms with Gasteiger partial charge in [0.1, 0.15) is 17.9 Å². The largest absolute Gasteiger partial charge is 0.490 e. The highest BCUT2D eigenvalue weighted by atomic mass is 16.5. The Kier molecular flexibility index (Phi) is 4.55. The Morgan fingerprint density at radius 2 is 1.96 bits per heavy atom. The smallest absolute Gasteiger partial charge is 0.245 e. The molecule has 2 fully saturated rings. The van der Waals surface area contributed by atoms with Gasteiger partial charge in [0.15, 0.2) is 0 Å². The van der Waals surface area contributed by atoms with E-state index in [1.54, 1.807) is 0 Å². The maximum Gasteiger partial charge on any atom is 0.245 e. The lowest BCUT2D eigenvalue weighted by atomic mass is 10.1. The van der Waals surface area contributed by atoms with Crippen LogP contribution in [0.5, 0.6) is 5.75 Å². The minimum absolute atomic E-state index is 0.0171. The van der Waals surface area contributed by atoms with E-state index in [0.29, 0.717) is 25.9 Å². The molecule has 2 aliphatic rings. The lowest BCUT2D eigenvalue weighted by molar-refractivity contribution is -0.136. The number of hydrogen-bond donors (Lipinski definition) is 1. The number of ether oxygens (including phenoxy) is 1. The van der Waals surface area contributed by atoms with E-state index in [1.165, 1.54) is 5.56 Å². The van der Waals surface area contributed by atoms with Gasteiger partial charge in [0.2, 0.25) is 11.8 Å².